The largest absolute Gasteiger partial charge is 0.515 e. The summed E-state index contributed by atoms with van der Waals surface area (Å²) >= 11 is 0. The molecule has 2 unspecified atom stereocenters. The highest BCUT2D eigenvalue weighted by atomic mass is 33.1. The van der Waals surface area contributed by atoms with Gasteiger partial charge in [0.1, 0.15) is 0 Å². The summed E-state index contributed by atoms with van der Waals surface area (Å²) in [5.74, 6) is 0. The zero-order valence-electron chi connectivity index (χ0n) is 19.1. The molecule has 0 bridgehead atoms. The van der Waals surface area contributed by atoms with E-state index in [2.05, 4.69) is 13.8 Å². The van der Waals surface area contributed by atoms with Gasteiger partial charge in [-0.1, -0.05) is 35.4 Å². The van der Waals surface area contributed by atoms with Gasteiger partial charge in [-0.2, -0.15) is 0 Å². The van der Waals surface area contributed by atoms with Gasteiger partial charge < -0.3 is 26.6 Å². The fourth-order valence-electron chi connectivity index (χ4n) is 2.90. The molecule has 0 aliphatic rings. The molecule has 0 saturated carbocycles. The van der Waals surface area contributed by atoms with Crippen LogP contribution in [0, 0.1) is 0 Å². The van der Waals surface area contributed by atoms with Crippen molar-refractivity contribution in [1.29, 1.82) is 0 Å². The summed E-state index contributed by atoms with van der Waals surface area (Å²) in [4.78, 5) is 0.283. The molecule has 0 aromatic carbocycles. The van der Waals surface area contributed by atoms with Gasteiger partial charge in [0.25, 0.3) is 0 Å². The van der Waals surface area contributed by atoms with Crippen molar-refractivity contribution in [1.82, 2.24) is 0 Å². The third-order valence-electron chi connectivity index (χ3n) is 3.89. The quantitative estimate of drug-likeness (QED) is 0.189. The van der Waals surface area contributed by atoms with E-state index < -0.39 is 17.6 Å². The first-order valence-corrected chi connectivity index (χ1v) is 16.5. The fraction of sp³-hybridized carbons (Fsp3) is 1.00. The molecule has 0 heterocycles. The van der Waals surface area contributed by atoms with Crippen LogP contribution in [-0.2, 0) is 26.6 Å². The van der Waals surface area contributed by atoms with Crippen molar-refractivity contribution >= 4 is 39.2 Å². The molecule has 6 nitrogen and oxygen atoms in total. The van der Waals surface area contributed by atoms with E-state index in [-0.39, 0.29) is 9.75 Å². The molecule has 0 amide bonds. The summed E-state index contributed by atoms with van der Waals surface area (Å²) in [6.45, 7) is 19.8. The molecule has 0 radical (unpaired) electrons. The molecule has 0 aromatic heterocycles. The molecule has 0 spiro atoms. The summed E-state index contributed by atoms with van der Waals surface area (Å²) in [7, 11) is -2.00. The van der Waals surface area contributed by atoms with Crippen LogP contribution in [0.5, 0.6) is 0 Å². The van der Waals surface area contributed by atoms with Crippen LogP contribution < -0.4 is 0 Å². The van der Waals surface area contributed by atoms with Crippen molar-refractivity contribution in [2.24, 2.45) is 0 Å². The van der Waals surface area contributed by atoms with E-state index in [4.69, 9.17) is 26.6 Å². The van der Waals surface area contributed by atoms with Gasteiger partial charge in [0.2, 0.25) is 0 Å². The van der Waals surface area contributed by atoms with Crippen LogP contribution >= 0.6 is 21.6 Å². The molecule has 28 heavy (non-hydrogen) atoms. The highest BCUT2D eigenvalue weighted by Crippen LogP contribution is 2.43. The zero-order valence-corrected chi connectivity index (χ0v) is 22.7. The maximum atomic E-state index is 6.14. The fourth-order valence-corrected chi connectivity index (χ4v) is 15.4. The summed E-state index contributed by atoms with van der Waals surface area (Å²) in [5.41, 5.74) is 0. The second-order valence-electron chi connectivity index (χ2n) is 5.79. The molecule has 0 rings (SSSR count). The minimum Gasteiger partial charge on any atom is -0.373 e. The molecule has 0 N–H and O–H groups in total. The number of hydrogen-bond acceptors (Lipinski definition) is 8. The maximum Gasteiger partial charge on any atom is 0.515 e. The van der Waals surface area contributed by atoms with E-state index in [0.717, 1.165) is 12.8 Å². The van der Waals surface area contributed by atoms with Gasteiger partial charge in [-0.3, -0.25) is 0 Å². The third kappa shape index (κ3) is 8.56. The van der Waals surface area contributed by atoms with Gasteiger partial charge in [-0.05, 0) is 54.4 Å². The molecule has 0 aliphatic heterocycles. The summed E-state index contributed by atoms with van der Waals surface area (Å²) in [6.07, 6.45) is 1.82. The molecule has 10 heteroatoms. The topological polar surface area (TPSA) is 55.4 Å². The lowest BCUT2D eigenvalue weighted by atomic mass is 10.6. The van der Waals surface area contributed by atoms with E-state index in [1.165, 1.54) is 0 Å². The second kappa shape index (κ2) is 16.6. The van der Waals surface area contributed by atoms with Gasteiger partial charge >= 0.3 is 17.6 Å². The Morgan fingerprint density at radius 3 is 0.821 bits per heavy atom. The van der Waals surface area contributed by atoms with Gasteiger partial charge in [0.05, 0.1) is 9.75 Å². The predicted octanol–water partition coefficient (Wildman–Crippen LogP) is 5.10. The highest BCUT2D eigenvalue weighted by molar-refractivity contribution is 8.77. The average Bonchev–Trinajstić information content (AvgIpc) is 2.66. The minimum atomic E-state index is -2.78. The first kappa shape index (κ1) is 28.9. The lowest BCUT2D eigenvalue weighted by molar-refractivity contribution is 0.0682. The van der Waals surface area contributed by atoms with Gasteiger partial charge in [-0.25, -0.2) is 0 Å². The molecule has 0 fully saturated rings. The van der Waals surface area contributed by atoms with E-state index >= 15 is 0 Å². The Labute approximate surface area is 183 Å². The van der Waals surface area contributed by atoms with Crippen molar-refractivity contribution in [3.63, 3.8) is 0 Å². The monoisotopic (exact) mass is 474 g/mol. The average molecular weight is 475 g/mol. The van der Waals surface area contributed by atoms with Crippen molar-refractivity contribution in [2.45, 2.75) is 78.0 Å². The Balaban J connectivity index is 5.53. The lowest BCUT2D eigenvalue weighted by Crippen LogP contribution is -2.56. The van der Waals surface area contributed by atoms with Gasteiger partial charge in [0.15, 0.2) is 0 Å². The standard InChI is InChI=1S/C18H42O6S2Si2/c1-9-17(27(19-11-3,20-12-4)21-13-5)25-26-18(10-2)28(22-14-6,23-15-7)24-16-8/h17-18H,9-16H2,1-8H3. The molecule has 2 atom stereocenters. The molecule has 0 aliphatic carbocycles. The summed E-state index contributed by atoms with van der Waals surface area (Å²) in [5, 5.41) is 0. The van der Waals surface area contributed by atoms with Crippen LogP contribution in [0.25, 0.3) is 0 Å². The van der Waals surface area contributed by atoms with E-state index in [1.807, 2.05) is 41.5 Å². The van der Waals surface area contributed by atoms with E-state index in [9.17, 15) is 0 Å². The van der Waals surface area contributed by atoms with Crippen LogP contribution in [-0.4, -0.2) is 67.0 Å². The smallest absolute Gasteiger partial charge is 0.373 e. The van der Waals surface area contributed by atoms with Crippen molar-refractivity contribution in [3.8, 4) is 0 Å². The lowest BCUT2D eigenvalue weighted by Gasteiger charge is -2.37. The Kier molecular flexibility index (Phi) is 17.1. The van der Waals surface area contributed by atoms with Crippen LogP contribution in [0.4, 0.5) is 0 Å². The Morgan fingerprint density at radius 2 is 0.679 bits per heavy atom. The zero-order chi connectivity index (χ0) is 21.5. The van der Waals surface area contributed by atoms with E-state index in [0.29, 0.717) is 39.6 Å². The Morgan fingerprint density at radius 1 is 0.464 bits per heavy atom. The van der Waals surface area contributed by atoms with Gasteiger partial charge in [-0.15, -0.1) is 0 Å². The first-order chi connectivity index (χ1) is 13.5. The van der Waals surface area contributed by atoms with Crippen LogP contribution in [0.1, 0.15) is 68.2 Å². The normalized spacial score (nSPS) is 15.0. The van der Waals surface area contributed by atoms with Crippen molar-refractivity contribution in [2.75, 3.05) is 39.6 Å². The predicted molar refractivity (Wildman–Crippen MR) is 125 cm³/mol. The Bertz CT molecular complexity index is 314. The van der Waals surface area contributed by atoms with Crippen molar-refractivity contribution < 1.29 is 26.6 Å². The molecular weight excluding hydrogens is 432 g/mol. The molecule has 0 aromatic rings. The molecule has 170 valence electrons. The van der Waals surface area contributed by atoms with Crippen LogP contribution in [0.3, 0.4) is 0 Å². The molecule has 0 saturated heterocycles. The van der Waals surface area contributed by atoms with Crippen molar-refractivity contribution in [3.05, 3.63) is 0 Å². The van der Waals surface area contributed by atoms with Crippen LogP contribution in [0.2, 0.25) is 0 Å². The summed E-state index contributed by atoms with van der Waals surface area (Å²) < 4.78 is 36.8. The number of rotatable bonds is 19. The number of hydrogen-bond donors (Lipinski definition) is 0. The van der Waals surface area contributed by atoms with Crippen LogP contribution in [0.15, 0.2) is 0 Å². The highest BCUT2D eigenvalue weighted by Gasteiger charge is 2.53. The SMILES string of the molecule is CCO[Si](OCC)(OCC)C(CC)SSC(CC)[Si](OCC)(OCC)OCC. The van der Waals surface area contributed by atoms with Gasteiger partial charge in [0, 0.05) is 39.6 Å². The maximum absolute atomic E-state index is 6.14. The van der Waals surface area contributed by atoms with E-state index in [1.54, 1.807) is 21.6 Å². The second-order valence-corrected chi connectivity index (χ2v) is 14.8. The minimum absolute atomic E-state index is 0.142. The molecular formula is C18H42O6S2Si2. The first-order valence-electron chi connectivity index (χ1n) is 10.6. The summed E-state index contributed by atoms with van der Waals surface area (Å²) in [6, 6.07) is 0. The third-order valence-corrected chi connectivity index (χ3v) is 16.9. The Hall–Kier alpha value is 0.894.